The zero-order valence-corrected chi connectivity index (χ0v) is 37.0. The Morgan fingerprint density at radius 2 is 1.34 bits per heavy atom. The molecule has 2 aromatic heterocycles. The predicted molar refractivity (Wildman–Crippen MR) is 245 cm³/mol. The number of piperazine rings is 1. The number of amides is 1. The molecule has 4 N–H and O–H groups in total. The highest BCUT2D eigenvalue weighted by atomic mass is 35.5. The van der Waals surface area contributed by atoms with E-state index in [9.17, 15) is 27.9 Å². The van der Waals surface area contributed by atoms with Crippen LogP contribution >= 0.6 is 23.2 Å². The van der Waals surface area contributed by atoms with Gasteiger partial charge in [0.2, 0.25) is 0 Å². The molecule has 4 aromatic carbocycles. The van der Waals surface area contributed by atoms with E-state index in [1.54, 1.807) is 12.1 Å². The maximum atomic E-state index is 13.1. The number of alkyl halides is 5. The van der Waals surface area contributed by atoms with E-state index in [0.717, 1.165) is 76.7 Å². The van der Waals surface area contributed by atoms with Gasteiger partial charge in [0.1, 0.15) is 23.1 Å². The largest absolute Gasteiger partial charge is 0.494 e. The summed E-state index contributed by atoms with van der Waals surface area (Å²) >= 11 is 11.9. The first-order valence-corrected chi connectivity index (χ1v) is 21.8. The number of rotatable bonds is 19. The molecule has 0 saturated carbocycles. The lowest BCUT2D eigenvalue weighted by Gasteiger charge is -2.34. The molecule has 6 aromatic rings. The van der Waals surface area contributed by atoms with Crippen LogP contribution in [-0.4, -0.2) is 148 Å². The summed E-state index contributed by atoms with van der Waals surface area (Å²) in [6.45, 7) is 5.97. The van der Waals surface area contributed by atoms with Gasteiger partial charge in [0, 0.05) is 86.6 Å². The molecule has 0 bridgehead atoms. The summed E-state index contributed by atoms with van der Waals surface area (Å²) in [6.07, 6.45) is -4.74. The van der Waals surface area contributed by atoms with Crippen molar-refractivity contribution in [2.75, 3.05) is 94.2 Å². The highest BCUT2D eigenvalue weighted by Gasteiger charge is 2.38. The Kier molecular flexibility index (Phi) is 16.8. The quantitative estimate of drug-likeness (QED) is 0.0463. The maximum absolute atomic E-state index is 13.1. The van der Waals surface area contributed by atoms with Gasteiger partial charge in [0.05, 0.1) is 35.1 Å². The van der Waals surface area contributed by atoms with Gasteiger partial charge in [0.25, 0.3) is 5.91 Å². The standard InChI is InChI=1S/C43H48Cl2N8O5.C2HF3O2/c1-50-22-24-52(25-23-50)33-8-14-37-39(28-33)49-43(47-37)31-5-13-36-38(27-31)48-42(46-36)30-3-9-34(10-4-30)57-26-2-18-53(19-15-41(55)56)40(54)29-58-35-11-6-32(7-12-35)51(20-16-44)21-17-45;3-2(4,5)1(6)7/h3-14,27-28H,2,15-26,29H2,1H3,(H,46,48)(H,47,49)(H,55,56);(H,6,7). The van der Waals surface area contributed by atoms with Crippen LogP contribution in [0.3, 0.4) is 0 Å². The lowest BCUT2D eigenvalue weighted by atomic mass is 10.2. The summed E-state index contributed by atoms with van der Waals surface area (Å²) in [5, 5.41) is 16.4. The summed E-state index contributed by atoms with van der Waals surface area (Å²) in [7, 11) is 2.16. The SMILES string of the molecule is CN1CCN(c2ccc3[nH]c(-c4ccc5nc(-c6ccc(OCCCN(CCC(=O)O)C(=O)COc7ccc(N(CCCl)CCCl)cc7)cc6)[nH]c5c4)nc3c2)CC1.O=C(O)C(F)(F)F. The van der Waals surface area contributed by atoms with Crippen molar-refractivity contribution in [3.05, 3.63) is 84.9 Å². The van der Waals surface area contributed by atoms with Crippen molar-refractivity contribution < 1.29 is 47.2 Å². The third kappa shape index (κ3) is 13.6. The number of anilines is 2. The highest BCUT2D eigenvalue weighted by Crippen LogP contribution is 2.29. The lowest BCUT2D eigenvalue weighted by molar-refractivity contribution is -0.192. The number of imidazole rings is 2. The number of carboxylic acid groups (broad SMARTS) is 2. The second kappa shape index (κ2) is 22.6. The number of aromatic nitrogens is 4. The molecule has 1 fully saturated rings. The van der Waals surface area contributed by atoms with Crippen LogP contribution in [0.4, 0.5) is 24.5 Å². The third-order valence-corrected chi connectivity index (χ3v) is 10.9. The summed E-state index contributed by atoms with van der Waals surface area (Å²) < 4.78 is 43.5. The average Bonchev–Trinajstić information content (AvgIpc) is 3.93. The molecule has 1 saturated heterocycles. The molecule has 7 rings (SSSR count). The fourth-order valence-corrected chi connectivity index (χ4v) is 7.40. The number of aliphatic carboxylic acids is 2. The Hall–Kier alpha value is -6.24. The third-order valence-electron chi connectivity index (χ3n) is 10.5. The molecule has 3 heterocycles. The minimum Gasteiger partial charge on any atom is -0.494 e. The van der Waals surface area contributed by atoms with E-state index in [1.165, 1.54) is 10.6 Å². The molecule has 0 radical (unpaired) electrons. The van der Waals surface area contributed by atoms with E-state index in [4.69, 9.17) is 52.5 Å². The number of carbonyl (C=O) groups is 3. The first-order chi connectivity index (χ1) is 31.2. The first kappa shape index (κ1) is 48.2. The zero-order valence-electron chi connectivity index (χ0n) is 35.5. The molecular weight excluding hydrogens is 892 g/mol. The molecule has 346 valence electrons. The molecule has 0 unspecified atom stereocenters. The van der Waals surface area contributed by atoms with Crippen molar-refractivity contribution in [3.63, 3.8) is 0 Å². The average molecular weight is 942 g/mol. The molecule has 1 aliphatic heterocycles. The predicted octanol–water partition coefficient (Wildman–Crippen LogP) is 7.59. The van der Waals surface area contributed by atoms with Gasteiger partial charge in [-0.15, -0.1) is 23.2 Å². The number of aromatic amines is 2. The van der Waals surface area contributed by atoms with E-state index in [1.807, 2.05) is 48.5 Å². The van der Waals surface area contributed by atoms with Gasteiger partial charge in [-0.1, -0.05) is 0 Å². The van der Waals surface area contributed by atoms with E-state index < -0.39 is 18.1 Å². The summed E-state index contributed by atoms with van der Waals surface area (Å²) in [5.74, 6) is -0.326. The molecule has 20 heteroatoms. The molecule has 1 amide bonds. The van der Waals surface area contributed by atoms with Crippen molar-refractivity contribution in [3.8, 4) is 34.3 Å². The second-order valence-electron chi connectivity index (χ2n) is 15.1. The van der Waals surface area contributed by atoms with Crippen LogP contribution in [0.2, 0.25) is 0 Å². The van der Waals surface area contributed by atoms with Crippen molar-refractivity contribution in [1.29, 1.82) is 0 Å². The number of carboxylic acids is 2. The normalized spacial score (nSPS) is 13.0. The maximum Gasteiger partial charge on any atom is 0.490 e. The van der Waals surface area contributed by atoms with Crippen molar-refractivity contribution in [1.82, 2.24) is 29.7 Å². The molecule has 65 heavy (non-hydrogen) atoms. The fourth-order valence-electron chi connectivity index (χ4n) is 7.00. The monoisotopic (exact) mass is 940 g/mol. The van der Waals surface area contributed by atoms with Crippen LogP contribution in [0, 0.1) is 0 Å². The number of hydrogen-bond donors (Lipinski definition) is 4. The minimum atomic E-state index is -5.08. The number of nitrogens with zero attached hydrogens (tertiary/aromatic N) is 6. The van der Waals surface area contributed by atoms with E-state index >= 15 is 0 Å². The lowest BCUT2D eigenvalue weighted by Crippen LogP contribution is -2.44. The van der Waals surface area contributed by atoms with Crippen molar-refractivity contribution in [2.45, 2.75) is 19.0 Å². The van der Waals surface area contributed by atoms with Crippen LogP contribution in [0.1, 0.15) is 12.8 Å². The van der Waals surface area contributed by atoms with Crippen LogP contribution in [-0.2, 0) is 14.4 Å². The Balaban J connectivity index is 0.000000925. The van der Waals surface area contributed by atoms with E-state index in [2.05, 4.69) is 56.0 Å². The number of halogens is 5. The zero-order chi connectivity index (χ0) is 46.5. The Morgan fingerprint density at radius 3 is 1.98 bits per heavy atom. The number of benzene rings is 4. The summed E-state index contributed by atoms with van der Waals surface area (Å²) in [4.78, 5) is 58.3. The highest BCUT2D eigenvalue weighted by molar-refractivity contribution is 6.18. The Morgan fingerprint density at radius 1 is 0.738 bits per heavy atom. The number of likely N-dealkylation sites (N-methyl/N-ethyl adjacent to an activating group) is 1. The van der Waals surface area contributed by atoms with Crippen LogP contribution in [0.15, 0.2) is 84.9 Å². The molecule has 0 aliphatic carbocycles. The van der Waals surface area contributed by atoms with Crippen LogP contribution in [0.25, 0.3) is 44.8 Å². The van der Waals surface area contributed by atoms with Gasteiger partial charge in [-0.3, -0.25) is 9.59 Å². The van der Waals surface area contributed by atoms with Gasteiger partial charge >= 0.3 is 18.1 Å². The Labute approximate surface area is 382 Å². The van der Waals surface area contributed by atoms with Crippen molar-refractivity contribution in [2.24, 2.45) is 0 Å². The Bertz CT molecular complexity index is 2510. The summed E-state index contributed by atoms with van der Waals surface area (Å²) in [6, 6.07) is 27.6. The first-order valence-electron chi connectivity index (χ1n) is 20.8. The van der Waals surface area contributed by atoms with E-state index in [-0.39, 0.29) is 25.5 Å². The van der Waals surface area contributed by atoms with Gasteiger partial charge < -0.3 is 49.3 Å². The molecule has 0 atom stereocenters. The van der Waals surface area contributed by atoms with Gasteiger partial charge in [-0.25, -0.2) is 14.8 Å². The second-order valence-corrected chi connectivity index (χ2v) is 15.9. The topological polar surface area (TPSA) is 180 Å². The molecule has 15 nitrogen and oxygen atoms in total. The number of fused-ring (bicyclic) bond motifs is 2. The molecular formula is C45H49Cl2F3N8O7. The molecule has 1 aliphatic rings. The van der Waals surface area contributed by atoms with Gasteiger partial charge in [-0.2, -0.15) is 13.2 Å². The van der Waals surface area contributed by atoms with Crippen LogP contribution in [0.5, 0.6) is 11.5 Å². The minimum absolute atomic E-state index is 0.0757. The smallest absolute Gasteiger partial charge is 0.490 e. The summed E-state index contributed by atoms with van der Waals surface area (Å²) in [5.41, 5.74) is 7.74. The van der Waals surface area contributed by atoms with Gasteiger partial charge in [-0.05, 0) is 98.4 Å². The van der Waals surface area contributed by atoms with E-state index in [0.29, 0.717) is 55.9 Å². The fraction of sp³-hybridized carbons (Fsp3) is 0.356. The molecule has 0 spiro atoms. The number of nitrogens with one attached hydrogen (secondary N) is 2. The van der Waals surface area contributed by atoms with Gasteiger partial charge in [0.15, 0.2) is 6.61 Å². The number of H-pyrrole nitrogens is 2. The number of hydrogen-bond acceptors (Lipinski definition) is 10. The number of ether oxygens (including phenoxy) is 2. The number of carbonyl (C=O) groups excluding carboxylic acids is 1. The van der Waals surface area contributed by atoms with Crippen molar-refractivity contribution >= 4 is 74.5 Å². The van der Waals surface area contributed by atoms with Crippen LogP contribution < -0.4 is 19.3 Å².